The molecular weight excluding hydrogens is 400 g/mol. The minimum Gasteiger partial charge on any atom is -0.352 e. The Kier molecular flexibility index (Phi) is 7.94. The van der Waals surface area contributed by atoms with Crippen LogP contribution in [0, 0.1) is 12.8 Å². The van der Waals surface area contributed by atoms with E-state index in [9.17, 15) is 9.59 Å². The molecule has 0 saturated heterocycles. The van der Waals surface area contributed by atoms with E-state index in [-0.39, 0.29) is 17.9 Å². The number of carbonyl (C=O) groups excluding carboxylic acids is 1. The Morgan fingerprint density at radius 1 is 1.20 bits per heavy atom. The van der Waals surface area contributed by atoms with Gasteiger partial charge in [0.1, 0.15) is 0 Å². The molecular formula is C23H31ClN4O2. The van der Waals surface area contributed by atoms with E-state index in [2.05, 4.69) is 10.7 Å². The highest BCUT2D eigenvalue weighted by Gasteiger charge is 2.15. The molecule has 3 rings (SSSR count). The molecule has 1 aliphatic rings. The van der Waals surface area contributed by atoms with Gasteiger partial charge in [0, 0.05) is 36.4 Å². The molecule has 162 valence electrons. The summed E-state index contributed by atoms with van der Waals surface area (Å²) in [6.07, 6.45) is 8.03. The first-order valence-corrected chi connectivity index (χ1v) is 11.0. The van der Waals surface area contributed by atoms with Crippen molar-refractivity contribution in [2.75, 3.05) is 12.0 Å². The lowest BCUT2D eigenvalue weighted by molar-refractivity contribution is -0.120. The molecule has 0 atom stereocenters. The van der Waals surface area contributed by atoms with E-state index in [0.29, 0.717) is 29.6 Å². The Labute approximate surface area is 182 Å². The number of aromatic nitrogens is 1. The molecule has 7 heteroatoms. The van der Waals surface area contributed by atoms with Crippen LogP contribution >= 0.6 is 11.6 Å². The van der Waals surface area contributed by atoms with Crippen LogP contribution in [0.15, 0.2) is 35.3 Å². The van der Waals surface area contributed by atoms with Crippen molar-refractivity contribution < 1.29 is 4.79 Å². The van der Waals surface area contributed by atoms with Crippen molar-refractivity contribution in [3.05, 3.63) is 68.1 Å². The Morgan fingerprint density at radius 2 is 1.97 bits per heavy atom. The molecule has 30 heavy (non-hydrogen) atoms. The van der Waals surface area contributed by atoms with Crippen LogP contribution in [0.4, 0.5) is 0 Å². The fourth-order valence-corrected chi connectivity index (χ4v) is 4.20. The SMILES string of the molecule is Cc1ccn(NCC2CCCCC2)c(=O)c1CC(=O)NCc1cc(Cl)ccc1CN. The molecule has 2 aromatic rings. The van der Waals surface area contributed by atoms with Gasteiger partial charge < -0.3 is 16.5 Å². The van der Waals surface area contributed by atoms with Crippen LogP contribution in [0.25, 0.3) is 0 Å². The molecule has 1 fully saturated rings. The van der Waals surface area contributed by atoms with E-state index in [0.717, 1.165) is 23.2 Å². The van der Waals surface area contributed by atoms with Gasteiger partial charge in [0.15, 0.2) is 0 Å². The number of benzene rings is 1. The molecule has 0 bridgehead atoms. The molecule has 6 nitrogen and oxygen atoms in total. The van der Waals surface area contributed by atoms with Crippen molar-refractivity contribution >= 4 is 17.5 Å². The van der Waals surface area contributed by atoms with Crippen LogP contribution < -0.4 is 22.0 Å². The summed E-state index contributed by atoms with van der Waals surface area (Å²) < 4.78 is 1.52. The standard InChI is InChI=1S/C23H31ClN4O2/c1-16-9-10-28(27-14-17-5-3-2-4-6-17)23(30)21(16)12-22(29)26-15-19-11-20(24)8-7-18(19)13-25/h7-11,17,27H,2-6,12-15,25H2,1H3,(H,26,29). The summed E-state index contributed by atoms with van der Waals surface area (Å²) in [5, 5.41) is 3.48. The number of halogens is 1. The van der Waals surface area contributed by atoms with E-state index in [1.807, 2.05) is 19.1 Å². The number of pyridine rings is 1. The molecule has 1 amide bonds. The summed E-state index contributed by atoms with van der Waals surface area (Å²) in [6.45, 7) is 3.34. The molecule has 4 N–H and O–H groups in total. The van der Waals surface area contributed by atoms with Crippen LogP contribution in [0.1, 0.15) is 54.4 Å². The molecule has 1 aromatic heterocycles. The van der Waals surface area contributed by atoms with Crippen molar-refractivity contribution in [2.45, 2.75) is 58.5 Å². The number of amides is 1. The zero-order valence-electron chi connectivity index (χ0n) is 17.5. The molecule has 0 unspecified atom stereocenters. The molecule has 0 aliphatic heterocycles. The number of nitrogens with two attached hydrogens (primary N) is 1. The molecule has 1 aliphatic carbocycles. The summed E-state index contributed by atoms with van der Waals surface area (Å²) >= 11 is 6.06. The van der Waals surface area contributed by atoms with Gasteiger partial charge in [-0.15, -0.1) is 0 Å². The maximum Gasteiger partial charge on any atom is 0.272 e. The van der Waals surface area contributed by atoms with Gasteiger partial charge in [0.25, 0.3) is 5.56 Å². The average Bonchev–Trinajstić information content (AvgIpc) is 2.75. The number of aryl methyl sites for hydroxylation is 1. The van der Waals surface area contributed by atoms with E-state index in [4.69, 9.17) is 17.3 Å². The Morgan fingerprint density at radius 3 is 2.70 bits per heavy atom. The second-order valence-electron chi connectivity index (χ2n) is 8.09. The summed E-state index contributed by atoms with van der Waals surface area (Å²) in [5.41, 5.74) is 12.0. The second kappa shape index (κ2) is 10.6. The Bertz CT molecular complexity index is 935. The van der Waals surface area contributed by atoms with Gasteiger partial charge in [-0.25, -0.2) is 4.68 Å². The van der Waals surface area contributed by atoms with Crippen LogP contribution in [0.3, 0.4) is 0 Å². The smallest absolute Gasteiger partial charge is 0.272 e. The van der Waals surface area contributed by atoms with Crippen LogP contribution in [0.2, 0.25) is 5.02 Å². The topological polar surface area (TPSA) is 89.2 Å². The third kappa shape index (κ3) is 5.86. The van der Waals surface area contributed by atoms with E-state index >= 15 is 0 Å². The molecule has 1 saturated carbocycles. The predicted molar refractivity (Wildman–Crippen MR) is 121 cm³/mol. The number of hydrogen-bond acceptors (Lipinski definition) is 4. The Balaban J connectivity index is 1.63. The van der Waals surface area contributed by atoms with Crippen molar-refractivity contribution in [1.29, 1.82) is 0 Å². The summed E-state index contributed by atoms with van der Waals surface area (Å²) in [4.78, 5) is 25.5. The lowest BCUT2D eigenvalue weighted by atomic mass is 9.89. The number of hydrogen-bond donors (Lipinski definition) is 3. The fraction of sp³-hybridized carbons (Fsp3) is 0.478. The highest BCUT2D eigenvalue weighted by Crippen LogP contribution is 2.23. The number of rotatable bonds is 8. The minimum atomic E-state index is -0.205. The first kappa shape index (κ1) is 22.4. The largest absolute Gasteiger partial charge is 0.352 e. The quantitative estimate of drug-likeness (QED) is 0.599. The third-order valence-electron chi connectivity index (χ3n) is 5.90. The first-order valence-electron chi connectivity index (χ1n) is 10.7. The summed E-state index contributed by atoms with van der Waals surface area (Å²) in [6, 6.07) is 7.33. The van der Waals surface area contributed by atoms with Gasteiger partial charge >= 0.3 is 0 Å². The average molecular weight is 431 g/mol. The van der Waals surface area contributed by atoms with Gasteiger partial charge in [-0.2, -0.15) is 0 Å². The van der Waals surface area contributed by atoms with Crippen molar-refractivity contribution in [3.63, 3.8) is 0 Å². The summed E-state index contributed by atoms with van der Waals surface area (Å²) in [5.74, 6) is 0.399. The monoisotopic (exact) mass is 430 g/mol. The summed E-state index contributed by atoms with van der Waals surface area (Å²) in [7, 11) is 0. The Hall–Kier alpha value is -2.31. The lowest BCUT2D eigenvalue weighted by Crippen LogP contribution is -2.36. The van der Waals surface area contributed by atoms with E-state index in [1.165, 1.54) is 36.8 Å². The highest BCUT2D eigenvalue weighted by molar-refractivity contribution is 6.30. The highest BCUT2D eigenvalue weighted by atomic mass is 35.5. The fourth-order valence-electron chi connectivity index (χ4n) is 4.00. The maximum atomic E-state index is 12.9. The zero-order chi connectivity index (χ0) is 21.5. The zero-order valence-corrected chi connectivity index (χ0v) is 18.3. The molecule has 1 aromatic carbocycles. The van der Waals surface area contributed by atoms with Gasteiger partial charge in [-0.1, -0.05) is 36.9 Å². The molecule has 1 heterocycles. The lowest BCUT2D eigenvalue weighted by Gasteiger charge is -2.23. The predicted octanol–water partition coefficient (Wildman–Crippen LogP) is 3.25. The van der Waals surface area contributed by atoms with Crippen molar-refractivity contribution in [2.24, 2.45) is 11.7 Å². The minimum absolute atomic E-state index is 0.0368. The molecule has 0 spiro atoms. The van der Waals surface area contributed by atoms with Crippen LogP contribution in [-0.2, 0) is 24.3 Å². The van der Waals surface area contributed by atoms with Crippen molar-refractivity contribution in [1.82, 2.24) is 9.99 Å². The van der Waals surface area contributed by atoms with E-state index < -0.39 is 0 Å². The number of nitrogens with zero attached hydrogens (tertiary/aromatic N) is 1. The van der Waals surface area contributed by atoms with Crippen LogP contribution in [0.5, 0.6) is 0 Å². The maximum absolute atomic E-state index is 12.9. The van der Waals surface area contributed by atoms with Gasteiger partial charge in [0.2, 0.25) is 5.91 Å². The third-order valence-corrected chi connectivity index (χ3v) is 6.14. The molecule has 0 radical (unpaired) electrons. The first-order chi connectivity index (χ1) is 14.5. The van der Waals surface area contributed by atoms with Crippen LogP contribution in [-0.4, -0.2) is 17.1 Å². The number of nitrogens with one attached hydrogen (secondary N) is 2. The van der Waals surface area contributed by atoms with Gasteiger partial charge in [-0.05, 0) is 60.6 Å². The second-order valence-corrected chi connectivity index (χ2v) is 8.53. The van der Waals surface area contributed by atoms with Gasteiger partial charge in [-0.3, -0.25) is 9.59 Å². The normalized spacial score (nSPS) is 14.5. The van der Waals surface area contributed by atoms with Gasteiger partial charge in [0.05, 0.1) is 6.42 Å². The number of carbonyl (C=O) groups is 1. The van der Waals surface area contributed by atoms with E-state index in [1.54, 1.807) is 18.3 Å². The van der Waals surface area contributed by atoms with Crippen molar-refractivity contribution in [3.8, 4) is 0 Å².